The van der Waals surface area contributed by atoms with Gasteiger partial charge >= 0.3 is 0 Å². The van der Waals surface area contributed by atoms with Gasteiger partial charge in [-0.25, -0.2) is 0 Å². The van der Waals surface area contributed by atoms with Gasteiger partial charge in [0.05, 0.1) is 18.3 Å². The van der Waals surface area contributed by atoms with E-state index in [0.717, 1.165) is 26.3 Å². The summed E-state index contributed by atoms with van der Waals surface area (Å²) < 4.78 is 12.0. The maximum Gasteiger partial charge on any atom is 0.0810 e. The molecule has 2 unspecified atom stereocenters. The summed E-state index contributed by atoms with van der Waals surface area (Å²) in [7, 11) is 0. The average Bonchev–Trinajstić information content (AvgIpc) is 2.78. The summed E-state index contributed by atoms with van der Waals surface area (Å²) in [6.45, 7) is 3.94. The predicted molar refractivity (Wildman–Crippen MR) is 62.5 cm³/mol. The van der Waals surface area contributed by atoms with Crippen LogP contribution in [-0.2, 0) is 9.47 Å². The zero-order valence-corrected chi connectivity index (χ0v) is 10.0. The fourth-order valence-corrected chi connectivity index (χ4v) is 3.48. The van der Waals surface area contributed by atoms with Crippen molar-refractivity contribution in [2.45, 2.75) is 50.2 Å². The minimum atomic E-state index is 0.181. The summed E-state index contributed by atoms with van der Waals surface area (Å²) in [5.41, 5.74) is 0.181. The molecule has 0 bridgehead atoms. The molecule has 0 radical (unpaired) electrons. The Kier molecular flexibility index (Phi) is 3.18. The first-order valence-electron chi connectivity index (χ1n) is 6.84. The fraction of sp³-hybridized carbons (Fsp3) is 1.00. The lowest BCUT2D eigenvalue weighted by Crippen LogP contribution is -2.55. The van der Waals surface area contributed by atoms with Gasteiger partial charge in [0.1, 0.15) is 0 Å². The van der Waals surface area contributed by atoms with Gasteiger partial charge < -0.3 is 14.8 Å². The number of hydrogen-bond acceptors (Lipinski definition) is 3. The van der Waals surface area contributed by atoms with E-state index in [1.807, 2.05) is 0 Å². The molecule has 3 heteroatoms. The summed E-state index contributed by atoms with van der Waals surface area (Å²) in [5, 5.41) is 3.58. The molecule has 2 heterocycles. The highest BCUT2D eigenvalue weighted by Gasteiger charge is 2.41. The monoisotopic (exact) mass is 225 g/mol. The average molecular weight is 225 g/mol. The molecule has 3 fully saturated rings. The third-order valence-corrected chi connectivity index (χ3v) is 4.43. The topological polar surface area (TPSA) is 30.5 Å². The zero-order valence-electron chi connectivity index (χ0n) is 10.0. The van der Waals surface area contributed by atoms with E-state index in [1.54, 1.807) is 0 Å². The van der Waals surface area contributed by atoms with Gasteiger partial charge in [-0.05, 0) is 25.7 Å². The van der Waals surface area contributed by atoms with Crippen LogP contribution in [0.4, 0.5) is 0 Å². The number of morpholine rings is 1. The van der Waals surface area contributed by atoms with E-state index in [-0.39, 0.29) is 5.60 Å². The van der Waals surface area contributed by atoms with Crippen LogP contribution in [0.2, 0.25) is 0 Å². The van der Waals surface area contributed by atoms with Crippen molar-refractivity contribution in [3.8, 4) is 0 Å². The predicted octanol–water partition coefficient (Wildman–Crippen LogP) is 1.71. The second kappa shape index (κ2) is 4.63. The lowest BCUT2D eigenvalue weighted by atomic mass is 9.91. The molecule has 0 amide bonds. The molecule has 3 rings (SSSR count). The van der Waals surface area contributed by atoms with Gasteiger partial charge in [0.15, 0.2) is 0 Å². The molecule has 2 aliphatic heterocycles. The van der Waals surface area contributed by atoms with Gasteiger partial charge in [-0.1, -0.05) is 12.8 Å². The summed E-state index contributed by atoms with van der Waals surface area (Å²) in [5.74, 6) is 0.624. The first-order valence-corrected chi connectivity index (χ1v) is 6.84. The van der Waals surface area contributed by atoms with E-state index in [2.05, 4.69) is 5.32 Å². The third-order valence-electron chi connectivity index (χ3n) is 4.43. The Balaban J connectivity index is 1.62. The fourth-order valence-electron chi connectivity index (χ4n) is 3.48. The third kappa shape index (κ3) is 2.13. The van der Waals surface area contributed by atoms with Crippen molar-refractivity contribution in [3.63, 3.8) is 0 Å². The summed E-state index contributed by atoms with van der Waals surface area (Å²) >= 11 is 0. The molecule has 0 aromatic rings. The van der Waals surface area contributed by atoms with Crippen molar-refractivity contribution in [1.29, 1.82) is 0 Å². The van der Waals surface area contributed by atoms with E-state index in [1.165, 1.54) is 38.5 Å². The Morgan fingerprint density at radius 3 is 2.75 bits per heavy atom. The second-order valence-corrected chi connectivity index (χ2v) is 5.65. The molecular weight excluding hydrogens is 202 g/mol. The highest BCUT2D eigenvalue weighted by atomic mass is 16.5. The van der Waals surface area contributed by atoms with Crippen LogP contribution < -0.4 is 5.32 Å². The molecule has 92 valence electrons. The molecule has 1 aliphatic carbocycles. The van der Waals surface area contributed by atoms with E-state index < -0.39 is 0 Å². The smallest absolute Gasteiger partial charge is 0.0810 e. The number of hydrogen-bond donors (Lipinski definition) is 1. The first-order chi connectivity index (χ1) is 7.88. The highest BCUT2D eigenvalue weighted by Crippen LogP contribution is 2.37. The van der Waals surface area contributed by atoms with Crippen LogP contribution >= 0.6 is 0 Å². The Morgan fingerprint density at radius 2 is 2.00 bits per heavy atom. The van der Waals surface area contributed by atoms with Gasteiger partial charge in [-0.15, -0.1) is 0 Å². The van der Waals surface area contributed by atoms with Gasteiger partial charge in [0, 0.05) is 25.6 Å². The Morgan fingerprint density at radius 1 is 1.12 bits per heavy atom. The van der Waals surface area contributed by atoms with Gasteiger partial charge in [-0.2, -0.15) is 0 Å². The first kappa shape index (κ1) is 11.0. The van der Waals surface area contributed by atoms with Crippen LogP contribution in [0.15, 0.2) is 0 Å². The lowest BCUT2D eigenvalue weighted by Gasteiger charge is -2.43. The second-order valence-electron chi connectivity index (χ2n) is 5.65. The SMILES string of the molecule is C1COCC(C2CNCC3(CCCC3)O2)C1. The summed E-state index contributed by atoms with van der Waals surface area (Å²) in [6, 6.07) is 0. The standard InChI is InChI=1S/C13H23NO2/c1-2-6-13(5-1)10-14-8-12(16-13)11-4-3-7-15-9-11/h11-12,14H,1-10H2. The highest BCUT2D eigenvalue weighted by molar-refractivity contribution is 4.94. The number of rotatable bonds is 1. The molecule has 0 aromatic heterocycles. The zero-order chi connectivity index (χ0) is 10.8. The minimum Gasteiger partial charge on any atom is -0.381 e. The van der Waals surface area contributed by atoms with Gasteiger partial charge in [-0.3, -0.25) is 0 Å². The Labute approximate surface area is 97.9 Å². The molecule has 3 aliphatic rings. The largest absolute Gasteiger partial charge is 0.381 e. The van der Waals surface area contributed by atoms with Crippen LogP contribution in [0.25, 0.3) is 0 Å². The van der Waals surface area contributed by atoms with Gasteiger partial charge in [0.2, 0.25) is 0 Å². The Bertz CT molecular complexity index is 232. The lowest BCUT2D eigenvalue weighted by molar-refractivity contribution is -0.148. The van der Waals surface area contributed by atoms with Gasteiger partial charge in [0.25, 0.3) is 0 Å². The summed E-state index contributed by atoms with van der Waals surface area (Å²) in [4.78, 5) is 0. The van der Waals surface area contributed by atoms with Crippen molar-refractivity contribution in [3.05, 3.63) is 0 Å². The Hall–Kier alpha value is -0.120. The molecule has 16 heavy (non-hydrogen) atoms. The molecule has 2 saturated heterocycles. The normalized spacial score (nSPS) is 39.0. The van der Waals surface area contributed by atoms with E-state index in [9.17, 15) is 0 Å². The maximum absolute atomic E-state index is 6.43. The maximum atomic E-state index is 6.43. The molecule has 1 N–H and O–H groups in total. The van der Waals surface area contributed by atoms with Crippen molar-refractivity contribution in [2.24, 2.45) is 5.92 Å². The number of nitrogens with one attached hydrogen (secondary N) is 1. The van der Waals surface area contributed by atoms with Crippen molar-refractivity contribution in [1.82, 2.24) is 5.32 Å². The van der Waals surface area contributed by atoms with Crippen LogP contribution in [-0.4, -0.2) is 38.0 Å². The van der Waals surface area contributed by atoms with Crippen LogP contribution in [0.3, 0.4) is 0 Å². The molecular formula is C13H23NO2. The molecule has 2 atom stereocenters. The van der Waals surface area contributed by atoms with Crippen LogP contribution in [0.1, 0.15) is 38.5 Å². The molecule has 1 saturated carbocycles. The van der Waals surface area contributed by atoms with E-state index in [0.29, 0.717) is 12.0 Å². The van der Waals surface area contributed by atoms with E-state index in [4.69, 9.17) is 9.47 Å². The number of ether oxygens (including phenoxy) is 2. The quantitative estimate of drug-likeness (QED) is 0.737. The minimum absolute atomic E-state index is 0.181. The van der Waals surface area contributed by atoms with E-state index >= 15 is 0 Å². The van der Waals surface area contributed by atoms with Crippen LogP contribution in [0.5, 0.6) is 0 Å². The van der Waals surface area contributed by atoms with Crippen molar-refractivity contribution < 1.29 is 9.47 Å². The van der Waals surface area contributed by atoms with Crippen LogP contribution in [0, 0.1) is 5.92 Å². The van der Waals surface area contributed by atoms with Crippen molar-refractivity contribution in [2.75, 3.05) is 26.3 Å². The molecule has 0 aromatic carbocycles. The van der Waals surface area contributed by atoms with Crippen molar-refractivity contribution >= 4 is 0 Å². The summed E-state index contributed by atoms with van der Waals surface area (Å²) in [6.07, 6.45) is 8.08. The molecule has 1 spiro atoms. The molecule has 3 nitrogen and oxygen atoms in total.